The lowest BCUT2D eigenvalue weighted by atomic mass is 10.2. The highest BCUT2D eigenvalue weighted by atomic mass is 16.5. The summed E-state index contributed by atoms with van der Waals surface area (Å²) in [6.07, 6.45) is 1.73. The van der Waals surface area contributed by atoms with Crippen LogP contribution in [0.15, 0.2) is 28.9 Å². The van der Waals surface area contributed by atoms with Gasteiger partial charge in [0.2, 0.25) is 0 Å². The van der Waals surface area contributed by atoms with E-state index < -0.39 is 0 Å². The zero-order valence-corrected chi connectivity index (χ0v) is 8.11. The van der Waals surface area contributed by atoms with Crippen molar-refractivity contribution in [3.63, 3.8) is 0 Å². The number of aromatic nitrogens is 2. The molecular formula is C10H11N3O. The molecule has 0 atom stereocenters. The van der Waals surface area contributed by atoms with Crippen molar-refractivity contribution in [1.29, 1.82) is 0 Å². The second kappa shape index (κ2) is 3.49. The van der Waals surface area contributed by atoms with Crippen LogP contribution in [-0.4, -0.2) is 17.2 Å². The molecule has 0 saturated heterocycles. The second-order valence-corrected chi connectivity index (χ2v) is 2.98. The quantitative estimate of drug-likeness (QED) is 0.785. The van der Waals surface area contributed by atoms with Crippen LogP contribution in [0.1, 0.15) is 5.69 Å². The zero-order chi connectivity index (χ0) is 9.97. The molecular weight excluding hydrogens is 178 g/mol. The van der Waals surface area contributed by atoms with Crippen molar-refractivity contribution in [3.05, 3.63) is 30.1 Å². The van der Waals surface area contributed by atoms with Crippen LogP contribution in [0.4, 0.5) is 5.82 Å². The van der Waals surface area contributed by atoms with Gasteiger partial charge in [-0.15, -0.1) is 0 Å². The van der Waals surface area contributed by atoms with Gasteiger partial charge in [0, 0.05) is 19.3 Å². The van der Waals surface area contributed by atoms with Crippen molar-refractivity contribution in [2.45, 2.75) is 6.92 Å². The smallest absolute Gasteiger partial charge is 0.170 e. The molecule has 4 heteroatoms. The number of hydrogen-bond donors (Lipinski definition) is 1. The molecule has 2 heterocycles. The molecule has 14 heavy (non-hydrogen) atoms. The Morgan fingerprint density at radius 2 is 2.29 bits per heavy atom. The minimum absolute atomic E-state index is 0.736. The van der Waals surface area contributed by atoms with Crippen LogP contribution in [0.25, 0.3) is 11.3 Å². The molecule has 2 rings (SSSR count). The van der Waals surface area contributed by atoms with E-state index in [0.717, 1.165) is 22.8 Å². The summed E-state index contributed by atoms with van der Waals surface area (Å²) in [7, 11) is 1.83. The van der Waals surface area contributed by atoms with Gasteiger partial charge in [0.1, 0.15) is 5.82 Å². The van der Waals surface area contributed by atoms with Gasteiger partial charge in [-0.1, -0.05) is 5.16 Å². The van der Waals surface area contributed by atoms with Crippen LogP contribution in [0.2, 0.25) is 0 Å². The minimum atomic E-state index is 0.736. The standard InChI is InChI=1S/C10H11N3O/c1-7-6-9(14-13-7)8-4-3-5-12-10(8)11-2/h3-6H,1-2H3,(H,11,12). The SMILES string of the molecule is CNc1ncccc1-c1cc(C)no1. The fraction of sp³-hybridized carbons (Fsp3) is 0.200. The molecule has 0 unspecified atom stereocenters. The monoisotopic (exact) mass is 189 g/mol. The number of rotatable bonds is 2. The van der Waals surface area contributed by atoms with Gasteiger partial charge >= 0.3 is 0 Å². The number of nitrogens with zero attached hydrogens (tertiary/aromatic N) is 2. The van der Waals surface area contributed by atoms with Crippen molar-refractivity contribution in [2.75, 3.05) is 12.4 Å². The Balaban J connectivity index is 2.50. The summed E-state index contributed by atoms with van der Waals surface area (Å²) in [5.74, 6) is 1.53. The molecule has 0 aromatic carbocycles. The Morgan fingerprint density at radius 3 is 2.93 bits per heavy atom. The van der Waals surface area contributed by atoms with Gasteiger partial charge in [-0.2, -0.15) is 0 Å². The Kier molecular flexibility index (Phi) is 2.18. The highest BCUT2D eigenvalue weighted by molar-refractivity contribution is 5.70. The van der Waals surface area contributed by atoms with Crippen molar-refractivity contribution < 1.29 is 4.52 Å². The zero-order valence-electron chi connectivity index (χ0n) is 8.11. The van der Waals surface area contributed by atoms with Crippen LogP contribution in [0, 0.1) is 6.92 Å². The molecule has 1 N–H and O–H groups in total. The molecule has 4 nitrogen and oxygen atoms in total. The molecule has 0 fully saturated rings. The number of anilines is 1. The molecule has 0 aliphatic heterocycles. The topological polar surface area (TPSA) is 51.0 Å². The first-order chi connectivity index (χ1) is 6.81. The van der Waals surface area contributed by atoms with Crippen molar-refractivity contribution in [1.82, 2.24) is 10.1 Å². The van der Waals surface area contributed by atoms with Gasteiger partial charge in [-0.05, 0) is 19.1 Å². The lowest BCUT2D eigenvalue weighted by molar-refractivity contribution is 0.427. The third kappa shape index (κ3) is 1.46. The van der Waals surface area contributed by atoms with Crippen LogP contribution in [0.3, 0.4) is 0 Å². The summed E-state index contributed by atoms with van der Waals surface area (Å²) < 4.78 is 5.16. The molecule has 0 aliphatic rings. The van der Waals surface area contributed by atoms with Crippen molar-refractivity contribution >= 4 is 5.82 Å². The average molecular weight is 189 g/mol. The van der Waals surface area contributed by atoms with E-state index in [1.54, 1.807) is 6.20 Å². The number of aryl methyl sites for hydroxylation is 1. The van der Waals surface area contributed by atoms with Crippen molar-refractivity contribution in [3.8, 4) is 11.3 Å². The normalized spacial score (nSPS) is 10.1. The van der Waals surface area contributed by atoms with E-state index in [1.165, 1.54) is 0 Å². The van der Waals surface area contributed by atoms with E-state index in [2.05, 4.69) is 15.5 Å². The highest BCUT2D eigenvalue weighted by Crippen LogP contribution is 2.25. The van der Waals surface area contributed by atoms with Crippen molar-refractivity contribution in [2.24, 2.45) is 0 Å². The minimum Gasteiger partial charge on any atom is -0.373 e. The molecule has 0 amide bonds. The summed E-state index contributed by atoms with van der Waals surface area (Å²) in [5.41, 5.74) is 1.79. The van der Waals surface area contributed by atoms with Gasteiger partial charge in [-0.25, -0.2) is 4.98 Å². The Labute approximate surface area is 82.0 Å². The summed E-state index contributed by atoms with van der Waals surface area (Å²) in [6.45, 7) is 1.89. The fourth-order valence-electron chi connectivity index (χ4n) is 1.29. The van der Waals surface area contributed by atoms with Gasteiger partial charge in [0.15, 0.2) is 5.76 Å². The number of pyridine rings is 1. The molecule has 2 aromatic heterocycles. The summed E-state index contributed by atoms with van der Waals surface area (Å²) in [5, 5.41) is 6.84. The van der Waals surface area contributed by atoms with Crippen LogP contribution in [0.5, 0.6) is 0 Å². The summed E-state index contributed by atoms with van der Waals surface area (Å²) in [6, 6.07) is 5.70. The molecule has 72 valence electrons. The predicted molar refractivity (Wildman–Crippen MR) is 54.0 cm³/mol. The Hall–Kier alpha value is -1.84. The van der Waals surface area contributed by atoms with E-state index >= 15 is 0 Å². The number of nitrogens with one attached hydrogen (secondary N) is 1. The lowest BCUT2D eigenvalue weighted by Crippen LogP contribution is -1.93. The fourth-order valence-corrected chi connectivity index (χ4v) is 1.29. The third-order valence-electron chi connectivity index (χ3n) is 1.94. The molecule has 0 aliphatic carbocycles. The first-order valence-electron chi connectivity index (χ1n) is 4.37. The van der Waals surface area contributed by atoms with Gasteiger partial charge < -0.3 is 9.84 Å². The van der Waals surface area contributed by atoms with E-state index in [4.69, 9.17) is 4.52 Å². The average Bonchev–Trinajstić information content (AvgIpc) is 2.65. The first kappa shape index (κ1) is 8.74. The van der Waals surface area contributed by atoms with E-state index in [-0.39, 0.29) is 0 Å². The van der Waals surface area contributed by atoms with E-state index in [1.807, 2.05) is 32.2 Å². The Morgan fingerprint density at radius 1 is 1.43 bits per heavy atom. The molecule has 0 radical (unpaired) electrons. The molecule has 0 bridgehead atoms. The van der Waals surface area contributed by atoms with Crippen LogP contribution in [-0.2, 0) is 0 Å². The van der Waals surface area contributed by atoms with E-state index in [0.29, 0.717) is 0 Å². The van der Waals surface area contributed by atoms with Gasteiger partial charge in [0.25, 0.3) is 0 Å². The third-order valence-corrected chi connectivity index (χ3v) is 1.94. The largest absolute Gasteiger partial charge is 0.373 e. The highest BCUT2D eigenvalue weighted by Gasteiger charge is 2.08. The number of hydrogen-bond acceptors (Lipinski definition) is 4. The molecule has 2 aromatic rings. The van der Waals surface area contributed by atoms with Crippen LogP contribution >= 0.6 is 0 Å². The van der Waals surface area contributed by atoms with Gasteiger partial charge in [0.05, 0.1) is 11.3 Å². The van der Waals surface area contributed by atoms with E-state index in [9.17, 15) is 0 Å². The maximum atomic E-state index is 5.16. The van der Waals surface area contributed by atoms with Crippen LogP contribution < -0.4 is 5.32 Å². The summed E-state index contributed by atoms with van der Waals surface area (Å²) >= 11 is 0. The summed E-state index contributed by atoms with van der Waals surface area (Å²) in [4.78, 5) is 4.18. The van der Waals surface area contributed by atoms with Gasteiger partial charge in [-0.3, -0.25) is 0 Å². The second-order valence-electron chi connectivity index (χ2n) is 2.98. The molecule has 0 spiro atoms. The Bertz CT molecular complexity index is 436. The maximum Gasteiger partial charge on any atom is 0.170 e. The predicted octanol–water partition coefficient (Wildman–Crippen LogP) is 2.09. The first-order valence-corrected chi connectivity index (χ1v) is 4.37. The molecule has 0 saturated carbocycles. The lowest BCUT2D eigenvalue weighted by Gasteiger charge is -2.02. The maximum absolute atomic E-state index is 5.16.